The van der Waals surface area contributed by atoms with Gasteiger partial charge in [-0.05, 0) is 41.6 Å². The highest BCUT2D eigenvalue weighted by molar-refractivity contribution is 7.09. The molecule has 0 atom stereocenters. The Hall–Kier alpha value is -2.99. The minimum absolute atomic E-state index is 0.0837. The summed E-state index contributed by atoms with van der Waals surface area (Å²) in [5.41, 5.74) is 2.33. The maximum Gasteiger partial charge on any atom is 0.318 e. The van der Waals surface area contributed by atoms with E-state index in [4.69, 9.17) is 4.42 Å². The molecule has 0 saturated carbocycles. The molecule has 0 spiro atoms. The number of rotatable bonds is 7. The molecular formula is C21H21N3O2S. The molecule has 0 aliphatic carbocycles. The number of aromatic nitrogens is 1. The topological polar surface area (TPSA) is 61.3 Å². The van der Waals surface area contributed by atoms with Crippen LogP contribution in [0, 0.1) is 0 Å². The summed E-state index contributed by atoms with van der Waals surface area (Å²) < 4.78 is 5.42. The van der Waals surface area contributed by atoms with Crippen LogP contribution >= 0.6 is 11.3 Å². The van der Waals surface area contributed by atoms with E-state index in [0.717, 1.165) is 22.6 Å². The van der Waals surface area contributed by atoms with Gasteiger partial charge in [0.05, 0.1) is 19.4 Å². The van der Waals surface area contributed by atoms with Crippen LogP contribution in [0.4, 0.5) is 4.79 Å². The first-order chi connectivity index (χ1) is 13.3. The smallest absolute Gasteiger partial charge is 0.318 e. The summed E-state index contributed by atoms with van der Waals surface area (Å²) in [4.78, 5) is 19.0. The van der Waals surface area contributed by atoms with Gasteiger partial charge in [-0.25, -0.2) is 4.79 Å². The average Bonchev–Trinajstić information content (AvgIpc) is 3.44. The largest absolute Gasteiger partial charge is 0.467 e. The summed E-state index contributed by atoms with van der Waals surface area (Å²) in [6.45, 7) is 1.60. The van der Waals surface area contributed by atoms with Crippen molar-refractivity contribution in [1.29, 1.82) is 0 Å². The number of carbonyl (C=O) groups is 1. The molecular weight excluding hydrogens is 358 g/mol. The van der Waals surface area contributed by atoms with Gasteiger partial charge >= 0.3 is 6.03 Å². The number of hydrogen-bond donors (Lipinski definition) is 2. The fraction of sp³-hybridized carbons (Fsp3) is 0.190. The van der Waals surface area contributed by atoms with Gasteiger partial charge in [0, 0.05) is 28.5 Å². The Kier molecular flexibility index (Phi) is 5.25. The number of urea groups is 1. The Bertz CT molecular complexity index is 953. The second-order valence-corrected chi connectivity index (χ2v) is 7.39. The third kappa shape index (κ3) is 4.23. The second-order valence-electron chi connectivity index (χ2n) is 6.36. The molecule has 0 saturated heterocycles. The van der Waals surface area contributed by atoms with Crippen molar-refractivity contribution < 1.29 is 9.21 Å². The van der Waals surface area contributed by atoms with Crippen molar-refractivity contribution in [2.45, 2.75) is 19.5 Å². The summed E-state index contributed by atoms with van der Waals surface area (Å²) >= 11 is 1.65. The first-order valence-electron chi connectivity index (χ1n) is 8.92. The number of benzene rings is 1. The minimum Gasteiger partial charge on any atom is -0.467 e. The zero-order chi connectivity index (χ0) is 18.5. The van der Waals surface area contributed by atoms with E-state index in [9.17, 15) is 4.79 Å². The molecule has 0 aliphatic rings. The summed E-state index contributed by atoms with van der Waals surface area (Å²) in [6.07, 6.45) is 4.43. The second kappa shape index (κ2) is 8.14. The normalized spacial score (nSPS) is 11.0. The number of fused-ring (bicyclic) bond motifs is 1. The van der Waals surface area contributed by atoms with E-state index < -0.39 is 0 Å². The first-order valence-corrected chi connectivity index (χ1v) is 9.80. The first kappa shape index (κ1) is 17.4. The summed E-state index contributed by atoms with van der Waals surface area (Å²) in [6, 6.07) is 15.9. The molecule has 0 aliphatic heterocycles. The molecule has 4 rings (SSSR count). The molecule has 3 heterocycles. The van der Waals surface area contributed by atoms with Crippen LogP contribution in [-0.4, -0.2) is 22.5 Å². The van der Waals surface area contributed by atoms with Crippen molar-refractivity contribution in [2.75, 3.05) is 6.54 Å². The Morgan fingerprint density at radius 2 is 2.04 bits per heavy atom. The Morgan fingerprint density at radius 1 is 1.11 bits per heavy atom. The number of hydrogen-bond acceptors (Lipinski definition) is 3. The van der Waals surface area contributed by atoms with E-state index in [1.165, 1.54) is 10.9 Å². The number of H-pyrrole nitrogens is 1. The SMILES string of the molecule is O=C(NCCc1c[nH]c2ccccc12)N(Cc1ccco1)Cc1cccs1. The van der Waals surface area contributed by atoms with Crippen molar-refractivity contribution in [3.8, 4) is 0 Å². The molecule has 2 N–H and O–H groups in total. The predicted octanol–water partition coefficient (Wildman–Crippen LogP) is 4.78. The van der Waals surface area contributed by atoms with Gasteiger partial charge in [0.1, 0.15) is 5.76 Å². The zero-order valence-corrected chi connectivity index (χ0v) is 15.7. The molecule has 0 bridgehead atoms. The highest BCUT2D eigenvalue weighted by Crippen LogP contribution is 2.18. The molecule has 1 aromatic carbocycles. The van der Waals surface area contributed by atoms with Crippen LogP contribution in [0.2, 0.25) is 0 Å². The van der Waals surface area contributed by atoms with Crippen LogP contribution in [0.1, 0.15) is 16.2 Å². The van der Waals surface area contributed by atoms with E-state index in [-0.39, 0.29) is 6.03 Å². The number of para-hydroxylation sites is 1. The maximum atomic E-state index is 12.8. The van der Waals surface area contributed by atoms with Crippen molar-refractivity contribution in [3.63, 3.8) is 0 Å². The molecule has 4 aromatic rings. The van der Waals surface area contributed by atoms with E-state index >= 15 is 0 Å². The molecule has 0 fully saturated rings. The van der Waals surface area contributed by atoms with Gasteiger partial charge in [-0.2, -0.15) is 0 Å². The molecule has 0 radical (unpaired) electrons. The zero-order valence-electron chi connectivity index (χ0n) is 14.9. The monoisotopic (exact) mass is 379 g/mol. The van der Waals surface area contributed by atoms with E-state index in [2.05, 4.69) is 22.4 Å². The third-order valence-corrected chi connectivity index (χ3v) is 5.35. The van der Waals surface area contributed by atoms with Crippen LogP contribution in [0.15, 0.2) is 70.8 Å². The lowest BCUT2D eigenvalue weighted by molar-refractivity contribution is 0.188. The lowest BCUT2D eigenvalue weighted by Gasteiger charge is -2.21. The number of nitrogens with one attached hydrogen (secondary N) is 2. The van der Waals surface area contributed by atoms with Gasteiger partial charge in [-0.1, -0.05) is 24.3 Å². The van der Waals surface area contributed by atoms with Crippen molar-refractivity contribution >= 4 is 28.3 Å². The highest BCUT2D eigenvalue weighted by atomic mass is 32.1. The number of carbonyl (C=O) groups excluding carboxylic acids is 1. The molecule has 5 nitrogen and oxygen atoms in total. The summed E-state index contributed by atoms with van der Waals surface area (Å²) in [5, 5.41) is 6.28. The number of thiophene rings is 1. The summed E-state index contributed by atoms with van der Waals surface area (Å²) in [7, 11) is 0. The highest BCUT2D eigenvalue weighted by Gasteiger charge is 2.16. The van der Waals surface area contributed by atoms with Crippen LogP contribution in [0.3, 0.4) is 0 Å². The molecule has 138 valence electrons. The Balaban J connectivity index is 1.38. The van der Waals surface area contributed by atoms with Crippen LogP contribution in [0.25, 0.3) is 10.9 Å². The lowest BCUT2D eigenvalue weighted by atomic mass is 10.1. The van der Waals surface area contributed by atoms with Gasteiger partial charge in [-0.15, -0.1) is 11.3 Å². The average molecular weight is 379 g/mol. The molecule has 27 heavy (non-hydrogen) atoms. The minimum atomic E-state index is -0.0837. The van der Waals surface area contributed by atoms with Gasteiger partial charge in [0.2, 0.25) is 0 Å². The van der Waals surface area contributed by atoms with E-state index in [1.54, 1.807) is 22.5 Å². The van der Waals surface area contributed by atoms with Crippen LogP contribution < -0.4 is 5.32 Å². The third-order valence-electron chi connectivity index (χ3n) is 4.49. The maximum absolute atomic E-state index is 12.8. The van der Waals surface area contributed by atoms with Crippen LogP contribution in [-0.2, 0) is 19.5 Å². The standard InChI is InChI=1S/C21H21N3O2S/c25-21(22-10-9-16-13-23-20-8-2-1-7-19(16)20)24(14-17-5-3-11-26-17)15-18-6-4-12-27-18/h1-8,11-13,23H,9-10,14-15H2,(H,22,25). The lowest BCUT2D eigenvalue weighted by Crippen LogP contribution is -2.39. The Labute approximate surface area is 161 Å². The molecule has 2 amide bonds. The van der Waals surface area contributed by atoms with Gasteiger partial charge < -0.3 is 19.6 Å². The van der Waals surface area contributed by atoms with Gasteiger partial charge in [-0.3, -0.25) is 0 Å². The number of amides is 2. The Morgan fingerprint density at radius 3 is 2.85 bits per heavy atom. The predicted molar refractivity (Wildman–Crippen MR) is 108 cm³/mol. The number of nitrogens with zero attached hydrogens (tertiary/aromatic N) is 1. The number of aromatic amines is 1. The van der Waals surface area contributed by atoms with Gasteiger partial charge in [0.25, 0.3) is 0 Å². The number of furan rings is 1. The van der Waals surface area contributed by atoms with Gasteiger partial charge in [0.15, 0.2) is 0 Å². The van der Waals surface area contributed by atoms with Crippen LogP contribution in [0.5, 0.6) is 0 Å². The fourth-order valence-corrected chi connectivity index (χ4v) is 3.85. The molecule has 0 unspecified atom stereocenters. The quantitative estimate of drug-likeness (QED) is 0.485. The fourth-order valence-electron chi connectivity index (χ4n) is 3.14. The van der Waals surface area contributed by atoms with Crippen molar-refractivity contribution in [1.82, 2.24) is 15.2 Å². The van der Waals surface area contributed by atoms with Crippen molar-refractivity contribution in [3.05, 3.63) is 82.6 Å². The summed E-state index contributed by atoms with van der Waals surface area (Å²) in [5.74, 6) is 0.776. The van der Waals surface area contributed by atoms with E-state index in [1.807, 2.05) is 48.0 Å². The molecule has 3 aromatic heterocycles. The van der Waals surface area contributed by atoms with Crippen molar-refractivity contribution in [2.24, 2.45) is 0 Å². The van der Waals surface area contributed by atoms with E-state index in [0.29, 0.717) is 19.6 Å². The molecule has 6 heteroatoms.